The number of fused-ring (bicyclic) bond motifs is 1. The first kappa shape index (κ1) is 26.4. The van der Waals surface area contributed by atoms with Crippen molar-refractivity contribution < 1.29 is 27.5 Å². The molecule has 1 unspecified atom stereocenters. The largest absolute Gasteiger partial charge is 0.416 e. The van der Waals surface area contributed by atoms with Crippen LogP contribution in [-0.4, -0.2) is 44.0 Å². The zero-order chi connectivity index (χ0) is 25.8. The third-order valence-electron chi connectivity index (χ3n) is 5.76. The third-order valence-corrected chi connectivity index (χ3v) is 5.76. The van der Waals surface area contributed by atoms with E-state index in [4.69, 9.17) is 4.74 Å². The van der Waals surface area contributed by atoms with Gasteiger partial charge >= 0.3 is 6.18 Å². The Hall–Kier alpha value is -3.20. The van der Waals surface area contributed by atoms with Gasteiger partial charge < -0.3 is 15.0 Å². The van der Waals surface area contributed by atoms with E-state index in [1.165, 1.54) is 17.0 Å². The molecule has 0 saturated carbocycles. The van der Waals surface area contributed by atoms with E-state index in [0.29, 0.717) is 35.1 Å². The minimum atomic E-state index is -4.47. The van der Waals surface area contributed by atoms with Gasteiger partial charge in [-0.2, -0.15) is 13.2 Å². The van der Waals surface area contributed by atoms with Crippen molar-refractivity contribution in [2.45, 2.75) is 39.5 Å². The predicted molar refractivity (Wildman–Crippen MR) is 128 cm³/mol. The summed E-state index contributed by atoms with van der Waals surface area (Å²) in [5.41, 5.74) is 1.05. The van der Waals surface area contributed by atoms with Crippen LogP contribution in [0, 0.1) is 11.8 Å². The van der Waals surface area contributed by atoms with E-state index in [0.717, 1.165) is 18.6 Å². The fraction of sp³-hybridized carbons (Fsp3) is 0.423. The van der Waals surface area contributed by atoms with Crippen molar-refractivity contribution in [2.75, 3.05) is 25.2 Å². The molecule has 9 heteroatoms. The highest BCUT2D eigenvalue weighted by Crippen LogP contribution is 2.31. The van der Waals surface area contributed by atoms with Crippen molar-refractivity contribution in [1.29, 1.82) is 0 Å². The van der Waals surface area contributed by atoms with Crippen LogP contribution in [0.4, 0.5) is 18.9 Å². The molecular formula is C26H30F3N3O3. The van der Waals surface area contributed by atoms with E-state index in [-0.39, 0.29) is 6.61 Å². The summed E-state index contributed by atoms with van der Waals surface area (Å²) in [6.07, 6.45) is -4.84. The zero-order valence-electron chi connectivity index (χ0n) is 20.2. The fourth-order valence-electron chi connectivity index (χ4n) is 3.60. The Morgan fingerprint density at radius 3 is 2.40 bits per heavy atom. The number of carbonyl (C=O) groups excluding carboxylic acids is 2. The maximum atomic E-state index is 13.2. The highest BCUT2D eigenvalue weighted by atomic mass is 19.4. The fourth-order valence-corrected chi connectivity index (χ4v) is 3.60. The Labute approximate surface area is 203 Å². The second-order valence-corrected chi connectivity index (χ2v) is 9.04. The van der Waals surface area contributed by atoms with E-state index in [1.54, 1.807) is 38.2 Å². The summed E-state index contributed by atoms with van der Waals surface area (Å²) in [5, 5.41) is 2.68. The lowest BCUT2D eigenvalue weighted by atomic mass is 9.99. The molecule has 0 spiro atoms. The van der Waals surface area contributed by atoms with Gasteiger partial charge in [0.2, 0.25) is 12.1 Å². The summed E-state index contributed by atoms with van der Waals surface area (Å²) in [5.74, 6) is -0.892. The van der Waals surface area contributed by atoms with Crippen molar-refractivity contribution >= 4 is 23.2 Å². The average Bonchev–Trinajstić information content (AvgIpc) is 2.92. The molecule has 2 atom stereocenters. The molecular weight excluding hydrogens is 459 g/mol. The lowest BCUT2D eigenvalue weighted by molar-refractivity contribution is -0.137. The predicted octanol–water partition coefficient (Wildman–Crippen LogP) is 4.66. The number of halogens is 3. The van der Waals surface area contributed by atoms with E-state index < -0.39 is 35.6 Å². The number of nitrogens with zero attached hydrogens (tertiary/aromatic N) is 2. The number of ether oxygens (including phenoxy) is 1. The first-order valence-electron chi connectivity index (χ1n) is 11.5. The molecule has 1 aliphatic heterocycles. The quantitative estimate of drug-likeness (QED) is 0.549. The molecule has 2 aromatic rings. The maximum absolute atomic E-state index is 13.2. The van der Waals surface area contributed by atoms with Crippen molar-refractivity contribution in [3.63, 3.8) is 0 Å². The lowest BCUT2D eigenvalue weighted by Crippen LogP contribution is -2.48. The minimum absolute atomic E-state index is 0.199. The molecule has 3 rings (SSSR count). The molecule has 2 amide bonds. The number of carbonyl (C=O) groups is 2. The van der Waals surface area contributed by atoms with Gasteiger partial charge in [0.15, 0.2) is 0 Å². The first-order valence-corrected chi connectivity index (χ1v) is 11.5. The molecule has 0 aliphatic carbocycles. The van der Waals surface area contributed by atoms with E-state index >= 15 is 0 Å². The van der Waals surface area contributed by atoms with Gasteiger partial charge in [-0.3, -0.25) is 9.59 Å². The molecule has 1 aliphatic rings. The smallest absolute Gasteiger partial charge is 0.381 e. The molecule has 1 heterocycles. The van der Waals surface area contributed by atoms with Crippen LogP contribution in [0.15, 0.2) is 53.5 Å². The molecule has 0 radical (unpaired) electrons. The van der Waals surface area contributed by atoms with Gasteiger partial charge in [0.1, 0.15) is 0 Å². The number of anilines is 1. The number of rotatable bonds is 8. The number of hydrogen-bond donors (Lipinski definition) is 1. The lowest BCUT2D eigenvalue weighted by Gasteiger charge is -2.22. The number of aliphatic imine (C=N–C) groups is 1. The van der Waals surface area contributed by atoms with Crippen molar-refractivity contribution in [3.05, 3.63) is 65.2 Å². The Balaban J connectivity index is 1.89. The molecule has 35 heavy (non-hydrogen) atoms. The van der Waals surface area contributed by atoms with Crippen LogP contribution >= 0.6 is 0 Å². The van der Waals surface area contributed by atoms with Crippen LogP contribution in [0.2, 0.25) is 0 Å². The number of para-hydroxylation sites is 1. The van der Waals surface area contributed by atoms with Gasteiger partial charge in [0, 0.05) is 24.8 Å². The van der Waals surface area contributed by atoms with Gasteiger partial charge in [0.05, 0.1) is 29.5 Å². The molecule has 2 aromatic carbocycles. The van der Waals surface area contributed by atoms with Gasteiger partial charge in [-0.15, -0.1) is 0 Å². The number of nitrogens with one attached hydrogen (secondary N) is 1. The highest BCUT2D eigenvalue weighted by molar-refractivity contribution is 6.20. The van der Waals surface area contributed by atoms with Crippen LogP contribution in [0.1, 0.15) is 43.9 Å². The SMILES string of the molecule is CC(C)CCOC[C@@H](C)C(=O)NC1N=C(c2ccc(C(F)(F)F)cc2)c2ccccc2N(C)C1=O. The van der Waals surface area contributed by atoms with Crippen LogP contribution < -0.4 is 10.2 Å². The van der Waals surface area contributed by atoms with E-state index in [2.05, 4.69) is 24.2 Å². The Morgan fingerprint density at radius 1 is 1.11 bits per heavy atom. The summed E-state index contributed by atoms with van der Waals surface area (Å²) in [6.45, 7) is 6.59. The number of hydrogen-bond acceptors (Lipinski definition) is 4. The summed E-state index contributed by atoms with van der Waals surface area (Å²) in [6, 6.07) is 11.6. The molecule has 0 aromatic heterocycles. The van der Waals surface area contributed by atoms with Gasteiger partial charge in [0.25, 0.3) is 5.91 Å². The topological polar surface area (TPSA) is 71.0 Å². The number of alkyl halides is 3. The van der Waals surface area contributed by atoms with Crippen molar-refractivity contribution in [2.24, 2.45) is 16.8 Å². The molecule has 188 valence electrons. The second-order valence-electron chi connectivity index (χ2n) is 9.04. The van der Waals surface area contributed by atoms with Crippen LogP contribution in [0.5, 0.6) is 0 Å². The Kier molecular flexibility index (Phi) is 8.32. The number of amides is 2. The second kappa shape index (κ2) is 11.0. The van der Waals surface area contributed by atoms with Gasteiger partial charge in [-0.1, -0.05) is 51.1 Å². The van der Waals surface area contributed by atoms with E-state index in [9.17, 15) is 22.8 Å². The Morgan fingerprint density at radius 2 is 1.77 bits per heavy atom. The van der Waals surface area contributed by atoms with Crippen LogP contribution in [0.3, 0.4) is 0 Å². The Bertz CT molecular complexity index is 1080. The van der Waals surface area contributed by atoms with Crippen LogP contribution in [-0.2, 0) is 20.5 Å². The number of likely N-dealkylation sites (N-methyl/N-ethyl adjacent to an activating group) is 1. The normalized spacial score (nSPS) is 17.0. The number of benzene rings is 2. The molecule has 6 nitrogen and oxygen atoms in total. The average molecular weight is 490 g/mol. The summed E-state index contributed by atoms with van der Waals surface area (Å²) < 4.78 is 44.8. The monoisotopic (exact) mass is 489 g/mol. The summed E-state index contributed by atoms with van der Waals surface area (Å²) in [4.78, 5) is 31.9. The number of benzodiazepines with no additional fused rings is 1. The molecule has 0 saturated heterocycles. The molecule has 0 bridgehead atoms. The minimum Gasteiger partial charge on any atom is -0.381 e. The zero-order valence-corrected chi connectivity index (χ0v) is 20.2. The molecule has 1 N–H and O–H groups in total. The highest BCUT2D eigenvalue weighted by Gasteiger charge is 2.33. The molecule has 0 fully saturated rings. The van der Waals surface area contributed by atoms with Gasteiger partial charge in [-0.25, -0.2) is 4.99 Å². The third kappa shape index (κ3) is 6.48. The van der Waals surface area contributed by atoms with Crippen LogP contribution in [0.25, 0.3) is 0 Å². The van der Waals surface area contributed by atoms with E-state index in [1.807, 2.05) is 0 Å². The summed E-state index contributed by atoms with van der Waals surface area (Å²) >= 11 is 0. The van der Waals surface area contributed by atoms with Gasteiger partial charge in [-0.05, 0) is 30.5 Å². The van der Waals surface area contributed by atoms with Crippen molar-refractivity contribution in [1.82, 2.24) is 5.32 Å². The maximum Gasteiger partial charge on any atom is 0.416 e. The van der Waals surface area contributed by atoms with Crippen molar-refractivity contribution in [3.8, 4) is 0 Å². The summed E-state index contributed by atoms with van der Waals surface area (Å²) in [7, 11) is 1.57. The standard InChI is InChI=1S/C26H30F3N3O3/c1-16(2)13-14-35-15-17(3)24(33)31-23-25(34)32(4)21-8-6-5-7-20(21)22(30-23)18-9-11-19(12-10-18)26(27,28)29/h5-12,16-17,23H,13-15H2,1-4H3,(H,31,33)/t17-,23?/m1/s1. The first-order chi connectivity index (χ1) is 16.5.